The van der Waals surface area contributed by atoms with Gasteiger partial charge in [-0.25, -0.2) is 4.79 Å². The van der Waals surface area contributed by atoms with Gasteiger partial charge in [0, 0.05) is 6.08 Å². The number of hydrogen-bond donors (Lipinski definition) is 3. The molecule has 0 aromatic rings. The summed E-state index contributed by atoms with van der Waals surface area (Å²) in [4.78, 5) is 12.2. The lowest BCUT2D eigenvalue weighted by molar-refractivity contribution is -0.148. The number of ether oxygens (including phenoxy) is 1. The molecule has 0 aromatic carbocycles. The average molecular weight is 419 g/mol. The Labute approximate surface area is 181 Å². The van der Waals surface area contributed by atoms with Gasteiger partial charge in [-0.05, 0) is 70.9 Å². The number of esters is 1. The van der Waals surface area contributed by atoms with E-state index in [0.717, 1.165) is 18.4 Å². The molecule has 0 saturated carbocycles. The van der Waals surface area contributed by atoms with Gasteiger partial charge in [0.2, 0.25) is 0 Å². The third-order valence-electron chi connectivity index (χ3n) is 5.18. The van der Waals surface area contributed by atoms with E-state index in [0.29, 0.717) is 12.0 Å². The molecule has 5 heteroatoms. The Hall–Kier alpha value is -1.95. The van der Waals surface area contributed by atoms with Crippen molar-refractivity contribution in [1.82, 2.24) is 0 Å². The van der Waals surface area contributed by atoms with Gasteiger partial charge in [0.05, 0.1) is 12.7 Å². The second-order valence-corrected chi connectivity index (χ2v) is 9.08. The average Bonchev–Trinajstić information content (AvgIpc) is 2.63. The summed E-state index contributed by atoms with van der Waals surface area (Å²) in [7, 11) is 0. The molecule has 3 N–H and O–H groups in total. The lowest BCUT2D eigenvalue weighted by Crippen LogP contribution is -2.39. The maximum atomic E-state index is 12.2. The van der Waals surface area contributed by atoms with Gasteiger partial charge in [-0.15, -0.1) is 0 Å². The summed E-state index contributed by atoms with van der Waals surface area (Å²) < 4.78 is 5.55. The first kappa shape index (κ1) is 26.1. The normalized spacial score (nSPS) is 32.2. The van der Waals surface area contributed by atoms with Gasteiger partial charge >= 0.3 is 5.97 Å². The van der Waals surface area contributed by atoms with E-state index in [1.54, 1.807) is 19.9 Å². The highest BCUT2D eigenvalue weighted by Gasteiger charge is 2.32. The Kier molecular flexibility index (Phi) is 9.95. The third kappa shape index (κ3) is 8.82. The van der Waals surface area contributed by atoms with Gasteiger partial charge in [-0.1, -0.05) is 48.5 Å². The molecular formula is C25H38O5. The minimum absolute atomic E-state index is 0.277. The van der Waals surface area contributed by atoms with Crippen LogP contribution in [0.3, 0.4) is 0 Å². The predicted octanol–water partition coefficient (Wildman–Crippen LogP) is 4.16. The molecule has 0 spiro atoms. The summed E-state index contributed by atoms with van der Waals surface area (Å²) in [6, 6.07) is 0. The number of allylic oxidation sites excluding steroid dienone is 5. The minimum Gasteiger partial charge on any atom is -0.452 e. The Balaban J connectivity index is 3.36. The zero-order valence-corrected chi connectivity index (χ0v) is 19.2. The fourth-order valence-electron chi connectivity index (χ4n) is 3.16. The molecule has 0 radical (unpaired) electrons. The standard InChI is InChI=1S/C25H38O5/c1-18(2)8-7-12-24(5)13-9-20(17-26)21(27)10-15-25(6,29)22(11-14-24)30-23(28)16-19(3)4/h8-11,14-16,21-22,26-27,29H,7,12-13,17H2,1-6H3/b14-11?,15-10+,20-9-/t21-,22+,24-,25+/m0/s1. The number of carbonyl (C=O) groups excluding carboxylic acids is 1. The van der Waals surface area contributed by atoms with Crippen molar-refractivity contribution in [3.63, 3.8) is 0 Å². The Morgan fingerprint density at radius 2 is 1.83 bits per heavy atom. The predicted molar refractivity (Wildman–Crippen MR) is 121 cm³/mol. The lowest BCUT2D eigenvalue weighted by Gasteiger charge is -2.30. The largest absolute Gasteiger partial charge is 0.452 e. The van der Waals surface area contributed by atoms with E-state index in [-0.39, 0.29) is 12.0 Å². The molecule has 0 aromatic heterocycles. The van der Waals surface area contributed by atoms with Crippen LogP contribution in [-0.4, -0.2) is 45.7 Å². The van der Waals surface area contributed by atoms with E-state index >= 15 is 0 Å². The molecular weight excluding hydrogens is 380 g/mol. The molecule has 1 rings (SSSR count). The number of aliphatic hydroxyl groups excluding tert-OH is 2. The van der Waals surface area contributed by atoms with Gasteiger partial charge in [0.15, 0.2) is 6.10 Å². The van der Waals surface area contributed by atoms with Crippen molar-refractivity contribution in [2.24, 2.45) is 5.41 Å². The fourth-order valence-corrected chi connectivity index (χ4v) is 3.16. The number of hydrogen-bond acceptors (Lipinski definition) is 5. The molecule has 4 atom stereocenters. The lowest BCUT2D eigenvalue weighted by atomic mass is 9.80. The fraction of sp³-hybridized carbons (Fsp3) is 0.560. The van der Waals surface area contributed by atoms with Crippen molar-refractivity contribution in [2.45, 2.75) is 78.6 Å². The second kappa shape index (κ2) is 11.4. The second-order valence-electron chi connectivity index (χ2n) is 9.08. The van der Waals surface area contributed by atoms with E-state index in [1.807, 2.05) is 12.2 Å². The first-order chi connectivity index (χ1) is 13.9. The highest BCUT2D eigenvalue weighted by Crippen LogP contribution is 2.33. The van der Waals surface area contributed by atoms with Gasteiger partial charge in [-0.2, -0.15) is 0 Å². The van der Waals surface area contributed by atoms with E-state index in [9.17, 15) is 20.1 Å². The number of carbonyl (C=O) groups is 1. The van der Waals surface area contributed by atoms with Crippen LogP contribution in [0, 0.1) is 5.41 Å². The van der Waals surface area contributed by atoms with Crippen LogP contribution in [0.25, 0.3) is 0 Å². The van der Waals surface area contributed by atoms with Crippen molar-refractivity contribution < 1.29 is 24.9 Å². The van der Waals surface area contributed by atoms with Crippen molar-refractivity contribution in [2.75, 3.05) is 6.61 Å². The summed E-state index contributed by atoms with van der Waals surface area (Å²) in [6.45, 7) is 11.0. The van der Waals surface area contributed by atoms with Crippen LogP contribution in [0.4, 0.5) is 0 Å². The summed E-state index contributed by atoms with van der Waals surface area (Å²) in [5.74, 6) is -0.533. The van der Waals surface area contributed by atoms with E-state index in [1.165, 1.54) is 30.7 Å². The monoisotopic (exact) mass is 418 g/mol. The van der Waals surface area contributed by atoms with Gasteiger partial charge in [-0.3, -0.25) is 0 Å². The molecule has 0 saturated heterocycles. The number of rotatable bonds is 6. The first-order valence-corrected chi connectivity index (χ1v) is 10.5. The molecule has 0 bridgehead atoms. The van der Waals surface area contributed by atoms with Gasteiger partial charge in [0.25, 0.3) is 0 Å². The molecule has 30 heavy (non-hydrogen) atoms. The molecule has 1 aliphatic rings. The third-order valence-corrected chi connectivity index (χ3v) is 5.18. The molecule has 0 heterocycles. The van der Waals surface area contributed by atoms with Crippen LogP contribution >= 0.6 is 0 Å². The van der Waals surface area contributed by atoms with Crippen LogP contribution in [0.5, 0.6) is 0 Å². The smallest absolute Gasteiger partial charge is 0.331 e. The van der Waals surface area contributed by atoms with Gasteiger partial charge in [0.1, 0.15) is 5.60 Å². The molecule has 0 amide bonds. The molecule has 0 unspecified atom stereocenters. The van der Waals surface area contributed by atoms with Crippen LogP contribution < -0.4 is 0 Å². The zero-order valence-electron chi connectivity index (χ0n) is 19.2. The van der Waals surface area contributed by atoms with E-state index < -0.39 is 23.8 Å². The maximum absolute atomic E-state index is 12.2. The SMILES string of the molecule is CC(C)=CCC[C@]1(C)C=C[C@@H](OC(=O)C=C(C)C)[C@](C)(O)/C=C/[C@H](O)/C(CO)=C\C1. The summed E-state index contributed by atoms with van der Waals surface area (Å²) in [5, 5.41) is 31.1. The highest BCUT2D eigenvalue weighted by molar-refractivity contribution is 5.83. The van der Waals surface area contributed by atoms with E-state index in [4.69, 9.17) is 4.74 Å². The topological polar surface area (TPSA) is 87.0 Å². The first-order valence-electron chi connectivity index (χ1n) is 10.5. The number of aliphatic hydroxyl groups is 3. The van der Waals surface area contributed by atoms with Crippen LogP contribution in [-0.2, 0) is 9.53 Å². The summed E-state index contributed by atoms with van der Waals surface area (Å²) in [6.07, 6.45) is 12.3. The minimum atomic E-state index is -1.53. The van der Waals surface area contributed by atoms with Crippen molar-refractivity contribution >= 4 is 5.97 Å². The van der Waals surface area contributed by atoms with Crippen molar-refractivity contribution in [3.8, 4) is 0 Å². The van der Waals surface area contributed by atoms with Crippen LogP contribution in [0.1, 0.15) is 60.8 Å². The van der Waals surface area contributed by atoms with E-state index in [2.05, 4.69) is 26.8 Å². The summed E-state index contributed by atoms with van der Waals surface area (Å²) >= 11 is 0. The summed E-state index contributed by atoms with van der Waals surface area (Å²) in [5.41, 5.74) is 0.669. The van der Waals surface area contributed by atoms with Crippen molar-refractivity contribution in [1.29, 1.82) is 0 Å². The van der Waals surface area contributed by atoms with Crippen molar-refractivity contribution in [3.05, 3.63) is 59.3 Å². The molecule has 0 aliphatic heterocycles. The maximum Gasteiger partial charge on any atom is 0.331 e. The molecule has 1 aliphatic carbocycles. The molecule has 5 nitrogen and oxygen atoms in total. The highest BCUT2D eigenvalue weighted by atomic mass is 16.6. The Bertz CT molecular complexity index is 731. The van der Waals surface area contributed by atoms with Crippen LogP contribution in [0.2, 0.25) is 0 Å². The molecule has 168 valence electrons. The Morgan fingerprint density at radius 3 is 2.40 bits per heavy atom. The Morgan fingerprint density at radius 1 is 1.17 bits per heavy atom. The van der Waals surface area contributed by atoms with Crippen LogP contribution in [0.15, 0.2) is 59.3 Å². The molecule has 0 fully saturated rings. The van der Waals surface area contributed by atoms with Gasteiger partial charge < -0.3 is 20.1 Å². The zero-order chi connectivity index (χ0) is 22.9. The quantitative estimate of drug-likeness (QED) is 0.342.